The molecule has 1 aliphatic rings. The van der Waals surface area contributed by atoms with Gasteiger partial charge in [0.25, 0.3) is 0 Å². The maximum absolute atomic E-state index is 5.49. The zero-order chi connectivity index (χ0) is 10.4. The van der Waals surface area contributed by atoms with Crippen LogP contribution in [-0.2, 0) is 9.47 Å². The van der Waals surface area contributed by atoms with E-state index in [2.05, 4.69) is 19.2 Å². The lowest BCUT2D eigenvalue weighted by atomic mass is 10.0. The fraction of sp³-hybridized carbons (Fsp3) is 1.00. The van der Waals surface area contributed by atoms with Gasteiger partial charge in [0, 0.05) is 25.8 Å². The van der Waals surface area contributed by atoms with E-state index in [9.17, 15) is 0 Å². The van der Waals surface area contributed by atoms with Crippen LogP contribution in [0.15, 0.2) is 0 Å². The zero-order valence-corrected chi connectivity index (χ0v) is 9.58. The summed E-state index contributed by atoms with van der Waals surface area (Å²) in [5.74, 6) is 0. The molecule has 1 N–H and O–H groups in total. The summed E-state index contributed by atoms with van der Waals surface area (Å²) < 4.78 is 11.0. The lowest BCUT2D eigenvalue weighted by Crippen LogP contribution is -2.41. The lowest BCUT2D eigenvalue weighted by Gasteiger charge is -2.29. The molecule has 1 rings (SSSR count). The predicted octanol–water partition coefficient (Wildman–Crippen LogP) is 1.57. The first-order chi connectivity index (χ1) is 6.72. The Morgan fingerprint density at radius 3 is 3.00 bits per heavy atom. The van der Waals surface area contributed by atoms with Crippen LogP contribution in [0.5, 0.6) is 0 Å². The van der Waals surface area contributed by atoms with Crippen molar-refractivity contribution in [2.45, 2.75) is 51.9 Å². The van der Waals surface area contributed by atoms with Gasteiger partial charge in [-0.3, -0.25) is 0 Å². The Balaban J connectivity index is 2.10. The fourth-order valence-corrected chi connectivity index (χ4v) is 1.86. The molecule has 3 heteroatoms. The van der Waals surface area contributed by atoms with Gasteiger partial charge in [-0.25, -0.2) is 0 Å². The first-order valence-electron chi connectivity index (χ1n) is 5.69. The van der Waals surface area contributed by atoms with Crippen molar-refractivity contribution < 1.29 is 9.47 Å². The van der Waals surface area contributed by atoms with E-state index in [0.29, 0.717) is 18.2 Å². The van der Waals surface area contributed by atoms with Crippen LogP contribution < -0.4 is 5.32 Å². The SMILES string of the molecule is CCOC(C)CNC1CCOC(C)C1. The summed E-state index contributed by atoms with van der Waals surface area (Å²) in [6.07, 6.45) is 2.98. The van der Waals surface area contributed by atoms with Crippen molar-refractivity contribution in [3.05, 3.63) is 0 Å². The molecule has 14 heavy (non-hydrogen) atoms. The molecule has 3 atom stereocenters. The highest BCUT2D eigenvalue weighted by Gasteiger charge is 2.18. The van der Waals surface area contributed by atoms with Gasteiger partial charge in [0.15, 0.2) is 0 Å². The maximum Gasteiger partial charge on any atom is 0.0671 e. The van der Waals surface area contributed by atoms with E-state index in [0.717, 1.165) is 32.6 Å². The summed E-state index contributed by atoms with van der Waals surface area (Å²) >= 11 is 0. The lowest BCUT2D eigenvalue weighted by molar-refractivity contribution is 0.00832. The van der Waals surface area contributed by atoms with Crippen LogP contribution in [0.3, 0.4) is 0 Å². The largest absolute Gasteiger partial charge is 0.378 e. The Morgan fingerprint density at radius 2 is 2.36 bits per heavy atom. The Labute approximate surface area is 87.2 Å². The van der Waals surface area contributed by atoms with Gasteiger partial charge in [-0.15, -0.1) is 0 Å². The van der Waals surface area contributed by atoms with Crippen LogP contribution >= 0.6 is 0 Å². The third-order valence-electron chi connectivity index (χ3n) is 2.63. The minimum absolute atomic E-state index is 0.318. The van der Waals surface area contributed by atoms with Crippen LogP contribution in [0.2, 0.25) is 0 Å². The Hall–Kier alpha value is -0.120. The molecule has 1 heterocycles. The molecule has 3 nitrogen and oxygen atoms in total. The monoisotopic (exact) mass is 201 g/mol. The number of nitrogens with one attached hydrogen (secondary N) is 1. The summed E-state index contributed by atoms with van der Waals surface area (Å²) in [5.41, 5.74) is 0. The molecule has 0 aromatic rings. The Bertz CT molecular complexity index is 152. The predicted molar refractivity (Wildman–Crippen MR) is 57.5 cm³/mol. The minimum Gasteiger partial charge on any atom is -0.378 e. The van der Waals surface area contributed by atoms with E-state index in [1.165, 1.54) is 0 Å². The van der Waals surface area contributed by atoms with Gasteiger partial charge in [0.1, 0.15) is 0 Å². The summed E-state index contributed by atoms with van der Waals surface area (Å²) in [5, 5.41) is 3.53. The Morgan fingerprint density at radius 1 is 1.57 bits per heavy atom. The second-order valence-electron chi connectivity index (χ2n) is 4.08. The molecule has 1 saturated heterocycles. The number of hydrogen-bond donors (Lipinski definition) is 1. The molecule has 0 spiro atoms. The second kappa shape index (κ2) is 6.38. The van der Waals surface area contributed by atoms with Gasteiger partial charge in [-0.1, -0.05) is 0 Å². The average Bonchev–Trinajstić information content (AvgIpc) is 2.15. The second-order valence-corrected chi connectivity index (χ2v) is 4.08. The van der Waals surface area contributed by atoms with Crippen molar-refractivity contribution in [2.75, 3.05) is 19.8 Å². The van der Waals surface area contributed by atoms with E-state index < -0.39 is 0 Å². The summed E-state index contributed by atoms with van der Waals surface area (Å²) in [4.78, 5) is 0. The first-order valence-corrected chi connectivity index (χ1v) is 5.69. The molecular formula is C11H23NO2. The topological polar surface area (TPSA) is 30.5 Å². The van der Waals surface area contributed by atoms with Gasteiger partial charge >= 0.3 is 0 Å². The van der Waals surface area contributed by atoms with E-state index in [1.54, 1.807) is 0 Å². The molecule has 0 aromatic heterocycles. The van der Waals surface area contributed by atoms with E-state index >= 15 is 0 Å². The molecule has 84 valence electrons. The molecular weight excluding hydrogens is 178 g/mol. The van der Waals surface area contributed by atoms with Gasteiger partial charge in [-0.05, 0) is 33.6 Å². The quantitative estimate of drug-likeness (QED) is 0.732. The molecule has 1 fully saturated rings. The van der Waals surface area contributed by atoms with E-state index in [-0.39, 0.29) is 0 Å². The van der Waals surface area contributed by atoms with Crippen molar-refractivity contribution in [3.63, 3.8) is 0 Å². The highest BCUT2D eigenvalue weighted by atomic mass is 16.5. The molecule has 3 unspecified atom stereocenters. The minimum atomic E-state index is 0.318. The summed E-state index contributed by atoms with van der Waals surface area (Å²) in [6.45, 7) is 8.92. The third-order valence-corrected chi connectivity index (χ3v) is 2.63. The normalized spacial score (nSPS) is 30.2. The molecule has 0 amide bonds. The van der Waals surface area contributed by atoms with Crippen LogP contribution in [0.1, 0.15) is 33.6 Å². The average molecular weight is 201 g/mol. The standard InChI is InChI=1S/C11H23NO2/c1-4-13-10(3)8-12-11-5-6-14-9(2)7-11/h9-12H,4-8H2,1-3H3. The molecule has 1 aliphatic heterocycles. The van der Waals surface area contributed by atoms with Gasteiger partial charge < -0.3 is 14.8 Å². The van der Waals surface area contributed by atoms with Crippen molar-refractivity contribution in [1.82, 2.24) is 5.32 Å². The molecule has 0 aromatic carbocycles. The number of hydrogen-bond acceptors (Lipinski definition) is 3. The number of ether oxygens (including phenoxy) is 2. The molecule has 0 radical (unpaired) electrons. The summed E-state index contributed by atoms with van der Waals surface area (Å²) in [7, 11) is 0. The van der Waals surface area contributed by atoms with E-state index in [1.807, 2.05) is 6.92 Å². The maximum atomic E-state index is 5.49. The Kier molecular flexibility index (Phi) is 5.45. The van der Waals surface area contributed by atoms with Crippen molar-refractivity contribution in [3.8, 4) is 0 Å². The van der Waals surface area contributed by atoms with E-state index in [4.69, 9.17) is 9.47 Å². The molecule has 0 bridgehead atoms. The zero-order valence-electron chi connectivity index (χ0n) is 9.58. The summed E-state index contributed by atoms with van der Waals surface area (Å²) in [6, 6.07) is 0.613. The highest BCUT2D eigenvalue weighted by molar-refractivity contribution is 4.75. The highest BCUT2D eigenvalue weighted by Crippen LogP contribution is 2.12. The van der Waals surface area contributed by atoms with Gasteiger partial charge in [0.2, 0.25) is 0 Å². The van der Waals surface area contributed by atoms with Crippen LogP contribution in [0, 0.1) is 0 Å². The van der Waals surface area contributed by atoms with Crippen LogP contribution in [0.25, 0.3) is 0 Å². The molecule has 0 saturated carbocycles. The van der Waals surface area contributed by atoms with Crippen molar-refractivity contribution in [1.29, 1.82) is 0 Å². The third kappa shape index (κ3) is 4.40. The fourth-order valence-electron chi connectivity index (χ4n) is 1.86. The van der Waals surface area contributed by atoms with Gasteiger partial charge in [0.05, 0.1) is 12.2 Å². The number of rotatable bonds is 5. The van der Waals surface area contributed by atoms with Crippen LogP contribution in [-0.4, -0.2) is 38.0 Å². The first kappa shape index (κ1) is 12.0. The van der Waals surface area contributed by atoms with Crippen molar-refractivity contribution >= 4 is 0 Å². The van der Waals surface area contributed by atoms with Gasteiger partial charge in [-0.2, -0.15) is 0 Å². The molecule has 0 aliphatic carbocycles. The van der Waals surface area contributed by atoms with Crippen molar-refractivity contribution in [2.24, 2.45) is 0 Å². The smallest absolute Gasteiger partial charge is 0.0671 e. The van der Waals surface area contributed by atoms with Crippen LogP contribution in [0.4, 0.5) is 0 Å².